The third-order valence-corrected chi connectivity index (χ3v) is 12.8. The number of allylic oxidation sites excluding steroid dienone is 1. The number of para-hydroxylation sites is 1. The third-order valence-electron chi connectivity index (χ3n) is 11.2. The van der Waals surface area contributed by atoms with E-state index in [0.717, 1.165) is 28.1 Å². The molecule has 6 heteroatoms. The van der Waals surface area contributed by atoms with Gasteiger partial charge >= 0.3 is 0 Å². The van der Waals surface area contributed by atoms with Crippen molar-refractivity contribution in [2.24, 2.45) is 0 Å². The van der Waals surface area contributed by atoms with Crippen molar-refractivity contribution in [1.29, 1.82) is 0 Å². The molecule has 2 bridgehead atoms. The normalized spacial score (nSPS) is 18.7. The zero-order valence-corrected chi connectivity index (χ0v) is 28.6. The Kier molecular flexibility index (Phi) is 5.64. The van der Waals surface area contributed by atoms with Crippen LogP contribution in [-0.2, 0) is 0 Å². The van der Waals surface area contributed by atoms with Gasteiger partial charge in [-0.05, 0) is 68.4 Å². The zero-order chi connectivity index (χ0) is 33.4. The fraction of sp³-hybridized carbons (Fsp3) is 0.0667. The minimum atomic E-state index is -0.146. The maximum Gasteiger partial charge on any atom is 0.244 e. The van der Waals surface area contributed by atoms with Crippen LogP contribution < -0.4 is 4.74 Å². The van der Waals surface area contributed by atoms with Gasteiger partial charge in [-0.15, -0.1) is 11.8 Å². The van der Waals surface area contributed by atoms with E-state index >= 15 is 0 Å². The van der Waals surface area contributed by atoms with Crippen LogP contribution in [0.5, 0.6) is 5.88 Å². The van der Waals surface area contributed by atoms with E-state index in [0.29, 0.717) is 16.9 Å². The van der Waals surface area contributed by atoms with Crippen molar-refractivity contribution in [2.75, 3.05) is 0 Å². The summed E-state index contributed by atoms with van der Waals surface area (Å²) in [5.41, 5.74) is 12.7. The van der Waals surface area contributed by atoms with Gasteiger partial charge in [0.25, 0.3) is 0 Å². The Morgan fingerprint density at radius 1 is 0.647 bits per heavy atom. The Morgan fingerprint density at radius 2 is 1.33 bits per heavy atom. The minimum Gasteiger partial charge on any atom is -0.437 e. The standard InChI is InChI=1S/C45H26ClN3OS/c46-43-44(48-45-40(47-43)33-23-36(50-45)29-16-6-5-14-27(29)26-13-3-4-15-28(26)33)49-35-20-10-9-19-32(35)38-30-17-7-8-18-31(30)39-34-21-24-11-1-2-12-25(24)22-37(34)51-42(39)41(38)49/h1-23,33,39,42H. The molecule has 4 nitrogen and oxygen atoms in total. The van der Waals surface area contributed by atoms with Crippen molar-refractivity contribution in [3.63, 3.8) is 0 Å². The summed E-state index contributed by atoms with van der Waals surface area (Å²) in [5, 5.41) is 4.17. The van der Waals surface area contributed by atoms with Crippen LogP contribution in [0.25, 0.3) is 55.5 Å². The summed E-state index contributed by atoms with van der Waals surface area (Å²) >= 11 is 9.30. The van der Waals surface area contributed by atoms with Crippen LogP contribution in [-0.4, -0.2) is 14.5 Å². The second-order valence-electron chi connectivity index (χ2n) is 13.7. The second kappa shape index (κ2) is 10.2. The maximum absolute atomic E-state index is 7.35. The lowest BCUT2D eigenvalue weighted by atomic mass is 9.77. The molecule has 2 aliphatic heterocycles. The quantitative estimate of drug-likeness (QED) is 0.172. The van der Waals surface area contributed by atoms with E-state index in [-0.39, 0.29) is 17.1 Å². The number of hydrogen-bond acceptors (Lipinski definition) is 4. The van der Waals surface area contributed by atoms with Gasteiger partial charge in [0, 0.05) is 33.0 Å². The Bertz CT molecular complexity index is 2870. The summed E-state index contributed by atoms with van der Waals surface area (Å²) < 4.78 is 9.02. The molecular formula is C45H26ClN3OS. The molecule has 0 fully saturated rings. The molecule has 0 spiro atoms. The van der Waals surface area contributed by atoms with Gasteiger partial charge in [-0.2, -0.15) is 4.98 Å². The average molecular weight is 692 g/mol. The number of thioether (sulfide) groups is 1. The van der Waals surface area contributed by atoms with E-state index in [1.54, 1.807) is 0 Å². The van der Waals surface area contributed by atoms with Gasteiger partial charge in [0.15, 0.2) is 11.0 Å². The van der Waals surface area contributed by atoms with Crippen LogP contribution in [0.4, 0.5) is 0 Å². The summed E-state index contributed by atoms with van der Waals surface area (Å²) in [7, 11) is 0. The van der Waals surface area contributed by atoms with E-state index < -0.39 is 0 Å². The molecule has 0 saturated carbocycles. The molecule has 4 aliphatic rings. The summed E-state index contributed by atoms with van der Waals surface area (Å²) in [4.78, 5) is 11.8. The maximum atomic E-state index is 7.35. The van der Waals surface area contributed by atoms with E-state index in [9.17, 15) is 0 Å². The Morgan fingerprint density at radius 3 is 2.20 bits per heavy atom. The Balaban J connectivity index is 1.11. The SMILES string of the molecule is Clc1nc2c(nc1-n1c3c(c4ccccc41)-c1ccccc1C1c4cc5ccccc5cc4SC31)OC1=CC2c2ccccc2-c2ccccc21. The highest BCUT2D eigenvalue weighted by atomic mass is 35.5. The molecule has 0 N–H and O–H groups in total. The van der Waals surface area contributed by atoms with Gasteiger partial charge in [-0.3, -0.25) is 4.57 Å². The van der Waals surface area contributed by atoms with E-state index in [1.807, 2.05) is 11.8 Å². The molecule has 12 rings (SSSR count). The van der Waals surface area contributed by atoms with Crippen LogP contribution in [0.1, 0.15) is 50.7 Å². The van der Waals surface area contributed by atoms with Crippen molar-refractivity contribution in [3.05, 3.63) is 178 Å². The molecule has 2 aliphatic carbocycles. The first-order chi connectivity index (χ1) is 25.2. The molecule has 3 unspecified atom stereocenters. The third kappa shape index (κ3) is 3.77. The van der Waals surface area contributed by atoms with Crippen LogP contribution in [0, 0.1) is 0 Å². The fourth-order valence-electron chi connectivity index (χ4n) is 9.05. The summed E-state index contributed by atoms with van der Waals surface area (Å²) in [6.45, 7) is 0. The zero-order valence-electron chi connectivity index (χ0n) is 27.0. The smallest absolute Gasteiger partial charge is 0.244 e. The van der Waals surface area contributed by atoms with Gasteiger partial charge in [0.2, 0.25) is 5.88 Å². The lowest BCUT2D eigenvalue weighted by Crippen LogP contribution is -2.18. The fourth-order valence-corrected chi connectivity index (χ4v) is 10.8. The van der Waals surface area contributed by atoms with Crippen molar-refractivity contribution < 1.29 is 4.74 Å². The van der Waals surface area contributed by atoms with Gasteiger partial charge in [0.1, 0.15) is 11.5 Å². The average Bonchev–Trinajstić information content (AvgIpc) is 3.69. The lowest BCUT2D eigenvalue weighted by molar-refractivity contribution is 0.465. The number of aromatic nitrogens is 3. The van der Waals surface area contributed by atoms with Crippen LogP contribution in [0.15, 0.2) is 144 Å². The van der Waals surface area contributed by atoms with Crippen molar-refractivity contribution in [3.8, 4) is 34.0 Å². The monoisotopic (exact) mass is 691 g/mol. The highest BCUT2D eigenvalue weighted by Crippen LogP contribution is 2.64. The van der Waals surface area contributed by atoms with Gasteiger partial charge < -0.3 is 4.74 Å². The number of ether oxygens (including phenoxy) is 1. The summed E-state index contributed by atoms with van der Waals surface area (Å²) in [6, 6.07) is 48.0. The number of benzene rings is 6. The molecule has 0 radical (unpaired) electrons. The Labute approximate surface area is 303 Å². The predicted molar refractivity (Wildman–Crippen MR) is 206 cm³/mol. The number of hydrogen-bond donors (Lipinski definition) is 0. The largest absolute Gasteiger partial charge is 0.437 e. The van der Waals surface area contributed by atoms with Crippen LogP contribution in [0.3, 0.4) is 0 Å². The van der Waals surface area contributed by atoms with Crippen molar-refractivity contribution in [2.45, 2.75) is 22.0 Å². The van der Waals surface area contributed by atoms with Gasteiger partial charge in [-0.1, -0.05) is 127 Å². The first-order valence-electron chi connectivity index (χ1n) is 17.3. The topological polar surface area (TPSA) is 39.9 Å². The van der Waals surface area contributed by atoms with Crippen LogP contribution in [0.2, 0.25) is 5.15 Å². The molecule has 0 saturated heterocycles. The molecule has 0 amide bonds. The predicted octanol–water partition coefficient (Wildman–Crippen LogP) is 11.7. The van der Waals surface area contributed by atoms with Crippen LogP contribution >= 0.6 is 23.4 Å². The van der Waals surface area contributed by atoms with Gasteiger partial charge in [-0.25, -0.2) is 4.98 Å². The lowest BCUT2D eigenvalue weighted by Gasteiger charge is -2.31. The first kappa shape index (κ1) is 28.1. The van der Waals surface area contributed by atoms with Gasteiger partial charge in [0.05, 0.1) is 16.7 Å². The molecule has 3 atom stereocenters. The van der Waals surface area contributed by atoms with E-state index in [4.69, 9.17) is 26.3 Å². The summed E-state index contributed by atoms with van der Waals surface area (Å²) in [5.74, 6) is 1.91. The number of nitrogens with zero attached hydrogens (tertiary/aromatic N) is 3. The second-order valence-corrected chi connectivity index (χ2v) is 15.3. The molecule has 240 valence electrons. The Hall–Kier alpha value is -5.62. The highest BCUT2D eigenvalue weighted by molar-refractivity contribution is 8.00. The molecular weight excluding hydrogens is 666 g/mol. The minimum absolute atomic E-state index is 0.105. The van der Waals surface area contributed by atoms with Crippen molar-refractivity contribution in [1.82, 2.24) is 14.5 Å². The molecule has 51 heavy (non-hydrogen) atoms. The van der Waals surface area contributed by atoms with E-state index in [2.05, 4.69) is 144 Å². The number of halogens is 1. The molecule has 4 heterocycles. The summed E-state index contributed by atoms with van der Waals surface area (Å²) in [6.07, 6.45) is 2.17. The molecule has 8 aromatic rings. The molecule has 2 aromatic heterocycles. The van der Waals surface area contributed by atoms with Crippen molar-refractivity contribution >= 4 is 50.8 Å². The number of rotatable bonds is 1. The first-order valence-corrected chi connectivity index (χ1v) is 18.6. The number of fused-ring (bicyclic) bond motifs is 19. The highest BCUT2D eigenvalue weighted by Gasteiger charge is 2.45. The molecule has 6 aromatic carbocycles. The van der Waals surface area contributed by atoms with E-state index in [1.165, 1.54) is 60.1 Å².